The zero-order valence-corrected chi connectivity index (χ0v) is 8.77. The van der Waals surface area contributed by atoms with Gasteiger partial charge in [-0.15, -0.1) is 0 Å². The normalized spacial score (nSPS) is 18.0. The smallest absolute Gasteiger partial charge is 0.0469 e. The first-order valence-corrected chi connectivity index (χ1v) is 5.42. The summed E-state index contributed by atoms with van der Waals surface area (Å²) < 4.78 is 0. The summed E-state index contributed by atoms with van der Waals surface area (Å²) in [7, 11) is 0. The fourth-order valence-electron chi connectivity index (χ4n) is 2.22. The topological polar surface area (TPSA) is 0 Å². The van der Waals surface area contributed by atoms with E-state index in [0.717, 1.165) is 10.9 Å². The van der Waals surface area contributed by atoms with Gasteiger partial charge in [0.05, 0.1) is 0 Å². The number of rotatable bonds is 1. The summed E-state index contributed by atoms with van der Waals surface area (Å²) >= 11 is 6.27. The third-order valence-corrected chi connectivity index (χ3v) is 3.53. The van der Waals surface area contributed by atoms with Gasteiger partial charge in [-0.2, -0.15) is 0 Å². The molecule has 0 aliphatic heterocycles. The molecular formula is C12H15Cl. The Morgan fingerprint density at radius 2 is 1.92 bits per heavy atom. The minimum atomic E-state index is 0.729. The molecule has 0 heterocycles. The average molecular weight is 195 g/mol. The molecule has 0 N–H and O–H groups in total. The molecule has 0 nitrogen and oxygen atoms in total. The van der Waals surface area contributed by atoms with Crippen molar-refractivity contribution >= 4 is 11.6 Å². The Labute approximate surface area is 84.9 Å². The Bertz CT molecular complexity index is 298. The third-order valence-electron chi connectivity index (χ3n) is 3.02. The van der Waals surface area contributed by atoms with Crippen LogP contribution in [0.15, 0.2) is 18.2 Å². The summed E-state index contributed by atoms with van der Waals surface area (Å²) in [6.07, 6.45) is 5.39. The van der Waals surface area contributed by atoms with Gasteiger partial charge in [-0.05, 0) is 36.8 Å². The lowest BCUT2D eigenvalue weighted by Gasteiger charge is -2.12. The zero-order chi connectivity index (χ0) is 9.26. The lowest BCUT2D eigenvalue weighted by molar-refractivity contribution is 0.723. The van der Waals surface area contributed by atoms with Gasteiger partial charge in [-0.1, -0.05) is 42.6 Å². The lowest BCUT2D eigenvalue weighted by atomic mass is 9.96. The van der Waals surface area contributed by atoms with Gasteiger partial charge < -0.3 is 0 Å². The first-order valence-electron chi connectivity index (χ1n) is 5.04. The molecule has 0 amide bonds. The maximum Gasteiger partial charge on any atom is 0.0469 e. The molecule has 0 unspecified atom stereocenters. The first kappa shape index (κ1) is 9.08. The van der Waals surface area contributed by atoms with E-state index in [9.17, 15) is 0 Å². The molecule has 2 rings (SSSR count). The standard InChI is InChI=1S/C12H15Cl/c1-9-5-4-8-11(12(9)13)10-6-2-3-7-10/h4-5,8,10H,2-3,6-7H2,1H3. The number of benzene rings is 1. The van der Waals surface area contributed by atoms with Crippen LogP contribution in [0, 0.1) is 6.92 Å². The van der Waals surface area contributed by atoms with Crippen LogP contribution in [0.25, 0.3) is 0 Å². The van der Waals surface area contributed by atoms with E-state index in [1.807, 2.05) is 0 Å². The van der Waals surface area contributed by atoms with E-state index < -0.39 is 0 Å². The van der Waals surface area contributed by atoms with E-state index >= 15 is 0 Å². The molecular weight excluding hydrogens is 180 g/mol. The summed E-state index contributed by atoms with van der Waals surface area (Å²) in [6, 6.07) is 6.39. The van der Waals surface area contributed by atoms with Gasteiger partial charge in [0.25, 0.3) is 0 Å². The predicted molar refractivity (Wildman–Crippen MR) is 57.4 cm³/mol. The highest BCUT2D eigenvalue weighted by molar-refractivity contribution is 6.32. The van der Waals surface area contributed by atoms with Crippen molar-refractivity contribution in [1.29, 1.82) is 0 Å². The number of halogens is 1. The van der Waals surface area contributed by atoms with Crippen LogP contribution in [-0.4, -0.2) is 0 Å². The van der Waals surface area contributed by atoms with E-state index in [1.165, 1.54) is 36.8 Å². The molecule has 1 aliphatic carbocycles. The molecule has 1 fully saturated rings. The van der Waals surface area contributed by atoms with Crippen molar-refractivity contribution in [3.63, 3.8) is 0 Å². The molecule has 0 spiro atoms. The van der Waals surface area contributed by atoms with Crippen LogP contribution in [0.1, 0.15) is 42.7 Å². The van der Waals surface area contributed by atoms with Gasteiger partial charge in [0.15, 0.2) is 0 Å². The molecule has 13 heavy (non-hydrogen) atoms. The zero-order valence-electron chi connectivity index (χ0n) is 8.02. The minimum Gasteiger partial charge on any atom is -0.0837 e. The second kappa shape index (κ2) is 3.71. The first-order chi connectivity index (χ1) is 6.29. The molecule has 70 valence electrons. The van der Waals surface area contributed by atoms with E-state index in [2.05, 4.69) is 25.1 Å². The highest BCUT2D eigenvalue weighted by Crippen LogP contribution is 2.38. The molecule has 0 bridgehead atoms. The highest BCUT2D eigenvalue weighted by atomic mass is 35.5. The fourth-order valence-corrected chi connectivity index (χ4v) is 2.50. The molecule has 0 saturated heterocycles. The van der Waals surface area contributed by atoms with Crippen LogP contribution in [0.5, 0.6) is 0 Å². The number of aryl methyl sites for hydroxylation is 1. The van der Waals surface area contributed by atoms with E-state index in [0.29, 0.717) is 0 Å². The van der Waals surface area contributed by atoms with E-state index in [-0.39, 0.29) is 0 Å². The Kier molecular flexibility index (Phi) is 2.59. The third kappa shape index (κ3) is 1.73. The van der Waals surface area contributed by atoms with Crippen LogP contribution in [-0.2, 0) is 0 Å². The van der Waals surface area contributed by atoms with Gasteiger partial charge in [0.1, 0.15) is 0 Å². The highest BCUT2D eigenvalue weighted by Gasteiger charge is 2.19. The van der Waals surface area contributed by atoms with Crippen LogP contribution >= 0.6 is 11.6 Å². The van der Waals surface area contributed by atoms with E-state index in [1.54, 1.807) is 0 Å². The molecule has 1 saturated carbocycles. The van der Waals surface area contributed by atoms with Crippen molar-refractivity contribution in [2.45, 2.75) is 38.5 Å². The monoisotopic (exact) mass is 194 g/mol. The SMILES string of the molecule is Cc1cccc(C2CCCC2)c1Cl. The summed E-state index contributed by atoms with van der Waals surface area (Å²) in [5, 5.41) is 0.995. The molecule has 1 aliphatic rings. The van der Waals surface area contributed by atoms with Gasteiger partial charge in [-0.3, -0.25) is 0 Å². The Hall–Kier alpha value is -0.490. The fraction of sp³-hybridized carbons (Fsp3) is 0.500. The average Bonchev–Trinajstić information content (AvgIpc) is 2.62. The van der Waals surface area contributed by atoms with Crippen LogP contribution in [0.3, 0.4) is 0 Å². The quantitative estimate of drug-likeness (QED) is 0.625. The maximum absolute atomic E-state index is 6.27. The summed E-state index contributed by atoms with van der Waals surface area (Å²) in [4.78, 5) is 0. The van der Waals surface area contributed by atoms with Crippen LogP contribution < -0.4 is 0 Å². The number of hydrogen-bond acceptors (Lipinski definition) is 0. The Morgan fingerprint density at radius 1 is 1.23 bits per heavy atom. The van der Waals surface area contributed by atoms with Crippen molar-refractivity contribution in [3.05, 3.63) is 34.3 Å². The van der Waals surface area contributed by atoms with Crippen molar-refractivity contribution in [2.75, 3.05) is 0 Å². The van der Waals surface area contributed by atoms with Gasteiger partial charge >= 0.3 is 0 Å². The Morgan fingerprint density at radius 3 is 2.62 bits per heavy atom. The van der Waals surface area contributed by atoms with Crippen LogP contribution in [0.2, 0.25) is 5.02 Å². The molecule has 0 radical (unpaired) electrons. The molecule has 1 aromatic rings. The maximum atomic E-state index is 6.27. The number of hydrogen-bond donors (Lipinski definition) is 0. The second-order valence-electron chi connectivity index (χ2n) is 3.96. The van der Waals surface area contributed by atoms with Crippen molar-refractivity contribution in [2.24, 2.45) is 0 Å². The predicted octanol–water partition coefficient (Wildman–Crippen LogP) is 4.31. The minimum absolute atomic E-state index is 0.729. The van der Waals surface area contributed by atoms with E-state index in [4.69, 9.17) is 11.6 Å². The van der Waals surface area contributed by atoms with Gasteiger partial charge in [0.2, 0.25) is 0 Å². The van der Waals surface area contributed by atoms with Crippen molar-refractivity contribution in [1.82, 2.24) is 0 Å². The second-order valence-corrected chi connectivity index (χ2v) is 4.34. The largest absolute Gasteiger partial charge is 0.0837 e. The molecule has 1 heteroatoms. The molecule has 1 aromatic carbocycles. The summed E-state index contributed by atoms with van der Waals surface area (Å²) in [6.45, 7) is 2.08. The van der Waals surface area contributed by atoms with Crippen LogP contribution in [0.4, 0.5) is 0 Å². The summed E-state index contributed by atoms with van der Waals surface area (Å²) in [5.74, 6) is 0.729. The lowest BCUT2D eigenvalue weighted by Crippen LogP contribution is -1.94. The molecule has 0 atom stereocenters. The van der Waals surface area contributed by atoms with Gasteiger partial charge in [0, 0.05) is 5.02 Å². The Balaban J connectivity index is 2.33. The van der Waals surface area contributed by atoms with Crippen molar-refractivity contribution in [3.8, 4) is 0 Å². The summed E-state index contributed by atoms with van der Waals surface area (Å²) in [5.41, 5.74) is 2.59. The molecule has 0 aromatic heterocycles. The van der Waals surface area contributed by atoms with Gasteiger partial charge in [-0.25, -0.2) is 0 Å². The van der Waals surface area contributed by atoms with Crippen molar-refractivity contribution < 1.29 is 0 Å².